The second kappa shape index (κ2) is 7.01. The summed E-state index contributed by atoms with van der Waals surface area (Å²) < 4.78 is 29.6. The molecule has 1 amide bonds. The molecule has 0 bridgehead atoms. The summed E-state index contributed by atoms with van der Waals surface area (Å²) in [6.45, 7) is 0.616. The van der Waals surface area contributed by atoms with E-state index in [0.717, 1.165) is 37.7 Å². The van der Waals surface area contributed by atoms with E-state index in [0.29, 0.717) is 6.61 Å². The summed E-state index contributed by atoms with van der Waals surface area (Å²) in [5.41, 5.74) is 2.36. The third-order valence-corrected chi connectivity index (χ3v) is 6.10. The summed E-state index contributed by atoms with van der Waals surface area (Å²) in [6.07, 6.45) is 4.28. The van der Waals surface area contributed by atoms with Crippen molar-refractivity contribution in [3.05, 3.63) is 35.4 Å². The van der Waals surface area contributed by atoms with E-state index >= 15 is 0 Å². The highest BCUT2D eigenvalue weighted by Crippen LogP contribution is 2.29. The van der Waals surface area contributed by atoms with E-state index in [-0.39, 0.29) is 17.9 Å². The van der Waals surface area contributed by atoms with Gasteiger partial charge < -0.3 is 10.1 Å². The molecule has 6 heteroatoms. The number of ether oxygens (including phenoxy) is 1. The molecule has 126 valence electrons. The number of carbonyl (C=O) groups is 1. The molecular formula is C17H23NO4S. The van der Waals surface area contributed by atoms with Crippen LogP contribution in [0.25, 0.3) is 0 Å². The van der Waals surface area contributed by atoms with Crippen molar-refractivity contribution in [1.29, 1.82) is 0 Å². The Morgan fingerprint density at radius 3 is 2.83 bits per heavy atom. The van der Waals surface area contributed by atoms with Gasteiger partial charge in [0, 0.05) is 6.61 Å². The molecule has 3 rings (SSSR count). The van der Waals surface area contributed by atoms with E-state index in [4.69, 9.17) is 4.74 Å². The number of aryl methyl sites for hydroxylation is 1. The Bertz CT molecular complexity index is 665. The van der Waals surface area contributed by atoms with E-state index in [2.05, 4.69) is 11.4 Å². The van der Waals surface area contributed by atoms with Gasteiger partial charge in [-0.15, -0.1) is 0 Å². The zero-order chi connectivity index (χ0) is 16.3. The summed E-state index contributed by atoms with van der Waals surface area (Å²) in [5, 5.41) is 2.90. The number of hydrogen-bond acceptors (Lipinski definition) is 4. The summed E-state index contributed by atoms with van der Waals surface area (Å²) in [7, 11) is -3.43. The molecule has 5 nitrogen and oxygen atoms in total. The number of fused-ring (bicyclic) bond motifs is 1. The summed E-state index contributed by atoms with van der Waals surface area (Å²) in [4.78, 5) is 12.2. The molecule has 1 aliphatic carbocycles. The lowest BCUT2D eigenvalue weighted by Gasteiger charge is -2.26. The smallest absolute Gasteiger partial charge is 0.235 e. The third kappa shape index (κ3) is 4.32. The highest BCUT2D eigenvalue weighted by atomic mass is 32.2. The maximum absolute atomic E-state index is 12.2. The van der Waals surface area contributed by atoms with Gasteiger partial charge in [-0.05, 0) is 43.2 Å². The van der Waals surface area contributed by atoms with Crippen molar-refractivity contribution in [1.82, 2.24) is 5.32 Å². The van der Waals surface area contributed by atoms with Crippen LogP contribution >= 0.6 is 0 Å². The van der Waals surface area contributed by atoms with E-state index < -0.39 is 21.5 Å². The van der Waals surface area contributed by atoms with Crippen LogP contribution in [0.2, 0.25) is 0 Å². The molecule has 2 aliphatic rings. The topological polar surface area (TPSA) is 72.5 Å². The van der Waals surface area contributed by atoms with Crippen LogP contribution in [-0.2, 0) is 25.8 Å². The van der Waals surface area contributed by atoms with Gasteiger partial charge in [0.25, 0.3) is 0 Å². The minimum atomic E-state index is -3.43. The molecule has 1 aromatic rings. The van der Waals surface area contributed by atoms with Crippen LogP contribution in [0.4, 0.5) is 0 Å². The van der Waals surface area contributed by atoms with Crippen molar-refractivity contribution in [2.45, 2.75) is 44.2 Å². The van der Waals surface area contributed by atoms with Gasteiger partial charge in [0.1, 0.15) is 5.75 Å². The number of hydrogen-bond donors (Lipinski definition) is 1. The fraction of sp³-hybridized carbons (Fsp3) is 0.588. The lowest BCUT2D eigenvalue weighted by Crippen LogP contribution is -2.37. The third-order valence-electron chi connectivity index (χ3n) is 4.52. The van der Waals surface area contributed by atoms with Gasteiger partial charge in [-0.1, -0.05) is 24.3 Å². The number of nitrogens with one attached hydrogen (secondary N) is 1. The fourth-order valence-electron chi connectivity index (χ4n) is 3.46. The van der Waals surface area contributed by atoms with Gasteiger partial charge >= 0.3 is 0 Å². The van der Waals surface area contributed by atoms with Gasteiger partial charge in [0.05, 0.1) is 17.9 Å². The van der Waals surface area contributed by atoms with Crippen molar-refractivity contribution in [2.24, 2.45) is 0 Å². The predicted molar refractivity (Wildman–Crippen MR) is 87.9 cm³/mol. The molecule has 0 spiro atoms. The first-order valence-electron chi connectivity index (χ1n) is 8.23. The quantitative estimate of drug-likeness (QED) is 0.889. The van der Waals surface area contributed by atoms with E-state index in [1.807, 2.05) is 18.2 Å². The molecule has 0 saturated carbocycles. The molecule has 1 aliphatic heterocycles. The maximum atomic E-state index is 12.2. The molecule has 1 aromatic carbocycles. The van der Waals surface area contributed by atoms with Crippen LogP contribution < -0.4 is 5.32 Å². The van der Waals surface area contributed by atoms with Crippen molar-refractivity contribution >= 4 is 15.7 Å². The van der Waals surface area contributed by atoms with Crippen molar-refractivity contribution < 1.29 is 17.9 Å². The average molecular weight is 337 g/mol. The van der Waals surface area contributed by atoms with Crippen LogP contribution in [0.5, 0.6) is 0 Å². The highest BCUT2D eigenvalue weighted by Gasteiger charge is 2.27. The molecular weight excluding hydrogens is 314 g/mol. The first kappa shape index (κ1) is 16.5. The largest absolute Gasteiger partial charge is 0.377 e. The highest BCUT2D eigenvalue weighted by molar-refractivity contribution is 7.92. The average Bonchev–Trinajstić information content (AvgIpc) is 2.99. The zero-order valence-electron chi connectivity index (χ0n) is 13.2. The summed E-state index contributed by atoms with van der Waals surface area (Å²) in [6, 6.07) is 7.96. The van der Waals surface area contributed by atoms with Gasteiger partial charge in [-0.25, -0.2) is 8.42 Å². The zero-order valence-corrected chi connectivity index (χ0v) is 14.0. The molecule has 2 atom stereocenters. The normalized spacial score (nSPS) is 24.2. The van der Waals surface area contributed by atoms with E-state index in [1.54, 1.807) is 0 Å². The van der Waals surface area contributed by atoms with Gasteiger partial charge in [0.15, 0.2) is 9.84 Å². The number of rotatable bonds is 5. The molecule has 0 unspecified atom stereocenters. The molecule has 1 heterocycles. The van der Waals surface area contributed by atoms with Crippen molar-refractivity contribution in [2.75, 3.05) is 18.1 Å². The van der Waals surface area contributed by atoms with Crippen LogP contribution in [0.3, 0.4) is 0 Å². The molecule has 1 saturated heterocycles. The predicted octanol–water partition coefficient (Wildman–Crippen LogP) is 1.77. The summed E-state index contributed by atoms with van der Waals surface area (Å²) >= 11 is 0. The Morgan fingerprint density at radius 2 is 2.04 bits per heavy atom. The van der Waals surface area contributed by atoms with Crippen LogP contribution in [0.15, 0.2) is 24.3 Å². The number of amides is 1. The molecule has 23 heavy (non-hydrogen) atoms. The molecule has 1 fully saturated rings. The Balaban J connectivity index is 1.59. The fourth-order valence-corrected chi connectivity index (χ4v) is 4.89. The lowest BCUT2D eigenvalue weighted by atomic mass is 9.88. The Hall–Kier alpha value is -1.40. The van der Waals surface area contributed by atoms with E-state index in [9.17, 15) is 13.2 Å². The number of benzene rings is 1. The molecule has 1 N–H and O–H groups in total. The maximum Gasteiger partial charge on any atom is 0.235 e. The molecule has 0 aromatic heterocycles. The monoisotopic (exact) mass is 337 g/mol. The Kier molecular flexibility index (Phi) is 5.02. The number of carbonyl (C=O) groups excluding carboxylic acids is 1. The standard InChI is InChI=1S/C17H23NO4S/c19-17(12-23(20,21)11-14-7-4-10-22-14)18-16-9-3-6-13-5-1-2-8-15(13)16/h1-2,5,8,14,16H,3-4,6-7,9-12H2,(H,18,19)/t14-,16+/m0/s1. The van der Waals surface area contributed by atoms with Crippen molar-refractivity contribution in [3.63, 3.8) is 0 Å². The van der Waals surface area contributed by atoms with Gasteiger partial charge in [0.2, 0.25) is 5.91 Å². The summed E-state index contributed by atoms with van der Waals surface area (Å²) in [5.74, 6) is -0.919. The van der Waals surface area contributed by atoms with E-state index in [1.165, 1.54) is 5.56 Å². The first-order valence-corrected chi connectivity index (χ1v) is 10.0. The minimum Gasteiger partial charge on any atom is -0.377 e. The van der Waals surface area contributed by atoms with Crippen molar-refractivity contribution in [3.8, 4) is 0 Å². The van der Waals surface area contributed by atoms with Gasteiger partial charge in [-0.2, -0.15) is 0 Å². The van der Waals surface area contributed by atoms with Crippen LogP contribution in [0.1, 0.15) is 42.9 Å². The lowest BCUT2D eigenvalue weighted by molar-refractivity contribution is -0.119. The van der Waals surface area contributed by atoms with Crippen LogP contribution in [0, 0.1) is 0 Å². The van der Waals surface area contributed by atoms with Gasteiger partial charge in [-0.3, -0.25) is 4.79 Å². The second-order valence-electron chi connectivity index (χ2n) is 6.40. The van der Waals surface area contributed by atoms with Crippen LogP contribution in [-0.4, -0.2) is 38.5 Å². The minimum absolute atomic E-state index is 0.0539. The first-order chi connectivity index (χ1) is 11.0. The molecule has 0 radical (unpaired) electrons. The second-order valence-corrected chi connectivity index (χ2v) is 8.51. The number of sulfone groups is 1. The SMILES string of the molecule is O=C(CS(=O)(=O)C[C@@H]1CCCO1)N[C@@H]1CCCc2ccccc21. The Labute approximate surface area is 137 Å². The Morgan fingerprint density at radius 1 is 1.22 bits per heavy atom.